The zero-order valence-electron chi connectivity index (χ0n) is 10.4. The highest BCUT2D eigenvalue weighted by Gasteiger charge is 2.40. The maximum Gasteiger partial charge on any atom is 0.407 e. The summed E-state index contributed by atoms with van der Waals surface area (Å²) in [5, 5.41) is 2.61. The fourth-order valence-corrected chi connectivity index (χ4v) is 3.59. The number of hydrogen-bond acceptors (Lipinski definition) is 4. The van der Waals surface area contributed by atoms with Crippen LogP contribution in [0.5, 0.6) is 0 Å². The van der Waals surface area contributed by atoms with Crippen LogP contribution in [0.25, 0.3) is 0 Å². The maximum atomic E-state index is 12.4. The largest absolute Gasteiger partial charge is 0.407 e. The summed E-state index contributed by atoms with van der Waals surface area (Å²) < 4.78 is 22.3. The van der Waals surface area contributed by atoms with E-state index in [0.717, 1.165) is 0 Å². The van der Waals surface area contributed by atoms with Crippen LogP contribution < -0.4 is 5.09 Å². The van der Waals surface area contributed by atoms with Crippen molar-refractivity contribution in [1.82, 2.24) is 14.6 Å². The minimum absolute atomic E-state index is 0.195. The van der Waals surface area contributed by atoms with Crippen LogP contribution in [0.15, 0.2) is 18.7 Å². The molecule has 0 saturated heterocycles. The van der Waals surface area contributed by atoms with Crippen LogP contribution in [0.2, 0.25) is 0 Å². The molecule has 6 nitrogen and oxygen atoms in total. The molecule has 1 rings (SSSR count). The molecule has 0 saturated carbocycles. The molecule has 1 aromatic rings. The summed E-state index contributed by atoms with van der Waals surface area (Å²) in [5.41, 5.74) is 0. The molecule has 10 heteroatoms. The van der Waals surface area contributed by atoms with Gasteiger partial charge in [0.15, 0.2) is 0 Å². The zero-order chi connectivity index (χ0) is 14.5. The van der Waals surface area contributed by atoms with Crippen LogP contribution in [0.4, 0.5) is 0 Å². The molecule has 0 amide bonds. The Hall–Kier alpha value is 0.190. The van der Waals surface area contributed by atoms with Crippen LogP contribution in [0.1, 0.15) is 20.0 Å². The summed E-state index contributed by atoms with van der Waals surface area (Å²) in [6.07, 6.45) is 3.57. The summed E-state index contributed by atoms with van der Waals surface area (Å²) in [4.78, 5) is 3.85. The quantitative estimate of drug-likeness (QED) is 0.602. The molecule has 110 valence electrons. The highest BCUT2D eigenvalue weighted by atomic mass is 35.6. The lowest BCUT2D eigenvalue weighted by atomic mass is 10.5. The van der Waals surface area contributed by atoms with E-state index in [0.29, 0.717) is 0 Å². The fraction of sp³-hybridized carbons (Fsp3) is 0.667. The van der Waals surface area contributed by atoms with Crippen molar-refractivity contribution >= 4 is 42.5 Å². The van der Waals surface area contributed by atoms with Gasteiger partial charge in [-0.05, 0) is 13.8 Å². The van der Waals surface area contributed by atoms with Crippen LogP contribution in [0.3, 0.4) is 0 Å². The van der Waals surface area contributed by atoms with Gasteiger partial charge in [0.25, 0.3) is 0 Å². The number of halogens is 3. The van der Waals surface area contributed by atoms with Gasteiger partial charge in [0.1, 0.15) is 6.17 Å². The lowest BCUT2D eigenvalue weighted by Gasteiger charge is -2.29. The number of nitrogens with zero attached hydrogens (tertiary/aromatic N) is 2. The monoisotopic (exact) mass is 349 g/mol. The predicted molar refractivity (Wildman–Crippen MR) is 75.5 cm³/mol. The van der Waals surface area contributed by atoms with E-state index < -0.39 is 17.7 Å². The van der Waals surface area contributed by atoms with Gasteiger partial charge in [0.05, 0.1) is 19.5 Å². The van der Waals surface area contributed by atoms with E-state index >= 15 is 0 Å². The number of hydrogen-bond donors (Lipinski definition) is 1. The standard InChI is InChI=1S/C9H15Cl3N3O3P/c1-3-17-19(16,18-4-2)14-8(9(10,11)12)15-6-5-13-7-15/h5-8H,3-4H2,1-2H3,(H,14,16). The van der Waals surface area contributed by atoms with E-state index in [2.05, 4.69) is 10.1 Å². The van der Waals surface area contributed by atoms with Crippen molar-refractivity contribution in [3.63, 3.8) is 0 Å². The Labute approximate surface area is 126 Å². The first-order chi connectivity index (χ1) is 8.82. The van der Waals surface area contributed by atoms with Gasteiger partial charge in [-0.1, -0.05) is 34.8 Å². The molecule has 1 atom stereocenters. The van der Waals surface area contributed by atoms with Crippen molar-refractivity contribution < 1.29 is 13.6 Å². The van der Waals surface area contributed by atoms with Crippen molar-refractivity contribution in [3.8, 4) is 0 Å². The summed E-state index contributed by atoms with van der Waals surface area (Å²) in [6.45, 7) is 3.77. The van der Waals surface area contributed by atoms with E-state index in [1.165, 1.54) is 17.1 Å². The Morgan fingerprint density at radius 3 is 2.32 bits per heavy atom. The van der Waals surface area contributed by atoms with E-state index in [9.17, 15) is 4.57 Å². The van der Waals surface area contributed by atoms with Gasteiger partial charge < -0.3 is 4.57 Å². The highest BCUT2D eigenvalue weighted by Crippen LogP contribution is 2.49. The molecule has 1 N–H and O–H groups in total. The fourth-order valence-electron chi connectivity index (χ4n) is 1.33. The lowest BCUT2D eigenvalue weighted by molar-refractivity contribution is 0.201. The van der Waals surface area contributed by atoms with Gasteiger partial charge in [0.2, 0.25) is 3.79 Å². The Bertz CT molecular complexity index is 414. The molecule has 1 unspecified atom stereocenters. The Kier molecular flexibility index (Phi) is 6.60. The average Bonchev–Trinajstić information content (AvgIpc) is 2.78. The Morgan fingerprint density at radius 1 is 1.37 bits per heavy atom. The number of alkyl halides is 3. The molecule has 0 bridgehead atoms. The molecule has 0 radical (unpaired) electrons. The second-order valence-corrected chi connectivity index (χ2v) is 7.55. The van der Waals surface area contributed by atoms with E-state index in [1.807, 2.05) is 0 Å². The lowest BCUT2D eigenvalue weighted by Crippen LogP contribution is -2.35. The van der Waals surface area contributed by atoms with Gasteiger partial charge in [0, 0.05) is 12.4 Å². The highest BCUT2D eigenvalue weighted by molar-refractivity contribution is 7.51. The van der Waals surface area contributed by atoms with Crippen LogP contribution in [-0.4, -0.2) is 26.6 Å². The second kappa shape index (κ2) is 7.27. The third-order valence-corrected chi connectivity index (χ3v) is 4.39. The normalized spacial score (nSPS) is 14.6. The molecule has 1 aromatic heterocycles. The minimum atomic E-state index is -3.56. The summed E-state index contributed by atoms with van der Waals surface area (Å²) in [5.74, 6) is 0. The number of rotatable bonds is 7. The number of aromatic nitrogens is 2. The van der Waals surface area contributed by atoms with Gasteiger partial charge in [-0.25, -0.2) is 9.55 Å². The van der Waals surface area contributed by atoms with E-state index in [4.69, 9.17) is 43.9 Å². The van der Waals surface area contributed by atoms with Gasteiger partial charge >= 0.3 is 7.75 Å². The first kappa shape index (κ1) is 17.2. The molecule has 0 aliphatic rings. The molecule has 0 aromatic carbocycles. The van der Waals surface area contributed by atoms with E-state index in [1.54, 1.807) is 20.0 Å². The smallest absolute Gasteiger partial charge is 0.317 e. The van der Waals surface area contributed by atoms with Gasteiger partial charge in [-0.15, -0.1) is 0 Å². The molecular formula is C9H15Cl3N3O3P. The van der Waals surface area contributed by atoms with Crippen LogP contribution in [-0.2, 0) is 13.6 Å². The first-order valence-electron chi connectivity index (χ1n) is 5.53. The average molecular weight is 351 g/mol. The summed E-state index contributed by atoms with van der Waals surface area (Å²) in [7, 11) is -3.56. The van der Waals surface area contributed by atoms with Crippen molar-refractivity contribution in [3.05, 3.63) is 18.7 Å². The predicted octanol–water partition coefficient (Wildman–Crippen LogP) is 3.52. The molecule has 0 fully saturated rings. The molecular weight excluding hydrogens is 335 g/mol. The summed E-state index contributed by atoms with van der Waals surface area (Å²) in [6, 6.07) is 0. The Morgan fingerprint density at radius 2 is 1.95 bits per heavy atom. The summed E-state index contributed by atoms with van der Waals surface area (Å²) >= 11 is 17.7. The van der Waals surface area contributed by atoms with Crippen molar-refractivity contribution in [2.45, 2.75) is 23.8 Å². The zero-order valence-corrected chi connectivity index (χ0v) is 13.6. The molecule has 0 aliphatic heterocycles. The Balaban J connectivity index is 2.97. The minimum Gasteiger partial charge on any atom is -0.317 e. The molecule has 0 spiro atoms. The molecule has 19 heavy (non-hydrogen) atoms. The van der Waals surface area contributed by atoms with E-state index in [-0.39, 0.29) is 13.2 Å². The van der Waals surface area contributed by atoms with Crippen LogP contribution in [0, 0.1) is 0 Å². The van der Waals surface area contributed by atoms with Gasteiger partial charge in [-0.3, -0.25) is 9.05 Å². The third-order valence-electron chi connectivity index (χ3n) is 2.01. The van der Waals surface area contributed by atoms with Crippen LogP contribution >= 0.6 is 42.5 Å². The topological polar surface area (TPSA) is 65.4 Å². The number of nitrogens with one attached hydrogen (secondary N) is 1. The second-order valence-electron chi connectivity index (χ2n) is 3.42. The van der Waals surface area contributed by atoms with Crippen molar-refractivity contribution in [2.75, 3.05) is 13.2 Å². The molecule has 1 heterocycles. The number of imidazole rings is 1. The molecule has 0 aliphatic carbocycles. The first-order valence-corrected chi connectivity index (χ1v) is 8.21. The van der Waals surface area contributed by atoms with Crippen molar-refractivity contribution in [1.29, 1.82) is 0 Å². The SMILES string of the molecule is CCOP(=O)(NC(n1ccnc1)C(Cl)(Cl)Cl)OCC. The van der Waals surface area contributed by atoms with Crippen molar-refractivity contribution in [2.24, 2.45) is 0 Å². The third kappa shape index (κ3) is 5.23. The maximum absolute atomic E-state index is 12.4. The van der Waals surface area contributed by atoms with Gasteiger partial charge in [-0.2, -0.15) is 5.09 Å².